The van der Waals surface area contributed by atoms with Crippen molar-refractivity contribution in [2.75, 3.05) is 24.7 Å². The minimum atomic E-state index is -1.63. The van der Waals surface area contributed by atoms with Crippen molar-refractivity contribution in [3.8, 4) is 16.9 Å². The Morgan fingerprint density at radius 2 is 1.66 bits per heavy atom. The third-order valence-corrected chi connectivity index (χ3v) is 7.51. The molecule has 0 saturated carbocycles. The first kappa shape index (κ1) is 26.4. The van der Waals surface area contributed by atoms with Crippen LogP contribution in [0.15, 0.2) is 60.9 Å². The van der Waals surface area contributed by atoms with Gasteiger partial charge < -0.3 is 15.1 Å². The van der Waals surface area contributed by atoms with Gasteiger partial charge in [0.05, 0.1) is 23.7 Å². The Bertz CT molecular complexity index is 1650. The third kappa shape index (κ3) is 4.46. The third-order valence-electron chi connectivity index (χ3n) is 7.51. The Kier molecular flexibility index (Phi) is 6.43. The maximum Gasteiger partial charge on any atom is 0.274 e. The zero-order chi connectivity index (χ0) is 28.9. The van der Waals surface area contributed by atoms with E-state index in [0.29, 0.717) is 5.56 Å². The number of halogens is 5. The molecule has 41 heavy (non-hydrogen) atoms. The van der Waals surface area contributed by atoms with Crippen LogP contribution in [-0.4, -0.2) is 56.8 Å². The van der Waals surface area contributed by atoms with Crippen molar-refractivity contribution in [3.05, 3.63) is 95.7 Å². The van der Waals surface area contributed by atoms with Crippen LogP contribution < -0.4 is 10.2 Å². The second kappa shape index (κ2) is 9.98. The van der Waals surface area contributed by atoms with E-state index < -0.39 is 40.5 Å². The predicted molar refractivity (Wildman–Crippen MR) is 136 cm³/mol. The van der Waals surface area contributed by atoms with Gasteiger partial charge in [-0.1, -0.05) is 0 Å². The highest BCUT2D eigenvalue weighted by atomic mass is 19.2. The summed E-state index contributed by atoms with van der Waals surface area (Å²) in [6.07, 6.45) is 3.32. The zero-order valence-electron chi connectivity index (χ0n) is 21.3. The molecule has 0 radical (unpaired) electrons. The molecule has 2 aromatic heterocycles. The van der Waals surface area contributed by atoms with E-state index in [1.165, 1.54) is 29.4 Å². The summed E-state index contributed by atoms with van der Waals surface area (Å²) in [6, 6.07) is 9.41. The molecule has 2 aliphatic heterocycles. The average molecular weight is 569 g/mol. The molecule has 1 spiro atoms. The van der Waals surface area contributed by atoms with Crippen LogP contribution >= 0.6 is 0 Å². The maximum atomic E-state index is 14.6. The summed E-state index contributed by atoms with van der Waals surface area (Å²) in [5.41, 5.74) is -0.490. The molecule has 2 saturated heterocycles. The van der Waals surface area contributed by atoms with Gasteiger partial charge in [-0.2, -0.15) is 5.10 Å². The summed E-state index contributed by atoms with van der Waals surface area (Å²) in [7, 11) is 0. The zero-order valence-corrected chi connectivity index (χ0v) is 21.3. The second-order valence-electron chi connectivity index (χ2n) is 9.80. The van der Waals surface area contributed by atoms with Gasteiger partial charge in [0.2, 0.25) is 5.91 Å². The van der Waals surface area contributed by atoms with Crippen molar-refractivity contribution in [1.29, 1.82) is 0 Å². The molecule has 6 rings (SSSR count). The summed E-state index contributed by atoms with van der Waals surface area (Å²) in [5.74, 6) is -6.84. The largest absolute Gasteiger partial charge is 0.337 e. The molecular weight excluding hydrogens is 547 g/mol. The Morgan fingerprint density at radius 3 is 2.32 bits per heavy atom. The van der Waals surface area contributed by atoms with Crippen molar-refractivity contribution in [1.82, 2.24) is 25.0 Å². The number of benzene rings is 2. The molecule has 2 aliphatic rings. The molecule has 2 aromatic carbocycles. The van der Waals surface area contributed by atoms with Crippen LogP contribution in [0.2, 0.25) is 0 Å². The fraction of sp³-hybridized carbons (Fsp3) is 0.214. The Morgan fingerprint density at radius 1 is 0.927 bits per heavy atom. The van der Waals surface area contributed by atoms with Gasteiger partial charge in [-0.15, -0.1) is 0 Å². The Balaban J connectivity index is 1.30. The van der Waals surface area contributed by atoms with Crippen LogP contribution in [0.25, 0.3) is 16.9 Å². The van der Waals surface area contributed by atoms with Gasteiger partial charge in [0.25, 0.3) is 5.91 Å². The van der Waals surface area contributed by atoms with Crippen molar-refractivity contribution in [2.24, 2.45) is 0 Å². The van der Waals surface area contributed by atoms with E-state index in [9.17, 15) is 31.5 Å². The van der Waals surface area contributed by atoms with Crippen LogP contribution in [0.4, 0.5) is 27.6 Å². The molecule has 0 atom stereocenters. The van der Waals surface area contributed by atoms with Crippen molar-refractivity contribution < 1.29 is 31.5 Å². The van der Waals surface area contributed by atoms with E-state index in [1.54, 1.807) is 17.0 Å². The number of carbonyl (C=O) groups is 2. The number of aromatic nitrogens is 3. The predicted octanol–water partition coefficient (Wildman–Crippen LogP) is 4.20. The first-order valence-corrected chi connectivity index (χ1v) is 12.6. The summed E-state index contributed by atoms with van der Waals surface area (Å²) >= 11 is 0. The summed E-state index contributed by atoms with van der Waals surface area (Å²) < 4.78 is 71.0. The normalized spacial score (nSPS) is 16.4. The van der Waals surface area contributed by atoms with Crippen molar-refractivity contribution >= 4 is 17.5 Å². The molecule has 210 valence electrons. The van der Waals surface area contributed by atoms with Gasteiger partial charge in [0.15, 0.2) is 23.1 Å². The van der Waals surface area contributed by atoms with Gasteiger partial charge >= 0.3 is 0 Å². The number of carbonyl (C=O) groups excluding carboxylic acids is 2. The summed E-state index contributed by atoms with van der Waals surface area (Å²) in [6.45, 7) is 0.250. The van der Waals surface area contributed by atoms with Crippen molar-refractivity contribution in [2.45, 2.75) is 18.4 Å². The molecule has 4 aromatic rings. The molecule has 4 heterocycles. The number of nitrogens with zero attached hydrogens (tertiary/aromatic N) is 5. The lowest BCUT2D eigenvalue weighted by molar-refractivity contribution is -0.124. The van der Waals surface area contributed by atoms with Crippen LogP contribution in [0.1, 0.15) is 23.3 Å². The molecule has 2 fully saturated rings. The number of piperidine rings is 1. The molecule has 0 bridgehead atoms. The van der Waals surface area contributed by atoms with Crippen LogP contribution in [0.3, 0.4) is 0 Å². The first-order chi connectivity index (χ1) is 19.7. The number of nitrogens with one attached hydrogen (secondary N) is 1. The Hall–Kier alpha value is -4.81. The SMILES string of the molecule is O=C(c1cc(-c2cccnc2)n(-c2cc(F)c(F)c(F)c2)n1)N1CCC2(CC1)C(=O)NCN2c1ccc(F)cc1F. The van der Waals surface area contributed by atoms with E-state index in [2.05, 4.69) is 15.4 Å². The number of anilines is 1. The highest BCUT2D eigenvalue weighted by Crippen LogP contribution is 2.38. The lowest BCUT2D eigenvalue weighted by Gasteiger charge is -2.43. The monoisotopic (exact) mass is 568 g/mol. The number of rotatable bonds is 4. The minimum Gasteiger partial charge on any atom is -0.337 e. The van der Waals surface area contributed by atoms with E-state index in [1.807, 2.05) is 0 Å². The lowest BCUT2D eigenvalue weighted by atomic mass is 9.85. The lowest BCUT2D eigenvalue weighted by Crippen LogP contribution is -2.57. The molecule has 1 N–H and O–H groups in total. The summed E-state index contributed by atoms with van der Waals surface area (Å²) in [4.78, 5) is 33.6. The van der Waals surface area contributed by atoms with Crippen LogP contribution in [0, 0.1) is 29.1 Å². The van der Waals surface area contributed by atoms with E-state index in [0.717, 1.165) is 28.9 Å². The quantitative estimate of drug-likeness (QED) is 0.295. The number of pyridine rings is 1. The maximum absolute atomic E-state index is 14.6. The number of hydrogen-bond donors (Lipinski definition) is 1. The minimum absolute atomic E-state index is 0.0268. The van der Waals surface area contributed by atoms with Crippen LogP contribution in [-0.2, 0) is 4.79 Å². The molecule has 8 nitrogen and oxygen atoms in total. The number of hydrogen-bond acceptors (Lipinski definition) is 5. The van der Waals surface area contributed by atoms with E-state index in [-0.39, 0.29) is 61.3 Å². The Labute approximate surface area is 230 Å². The fourth-order valence-electron chi connectivity index (χ4n) is 5.41. The number of likely N-dealkylation sites (tertiary alicyclic amines) is 1. The molecule has 13 heteroatoms. The smallest absolute Gasteiger partial charge is 0.274 e. The van der Waals surface area contributed by atoms with Gasteiger partial charge in [-0.3, -0.25) is 14.6 Å². The fourth-order valence-corrected chi connectivity index (χ4v) is 5.41. The second-order valence-corrected chi connectivity index (χ2v) is 9.80. The molecule has 2 amide bonds. The van der Waals surface area contributed by atoms with Crippen molar-refractivity contribution in [3.63, 3.8) is 0 Å². The van der Waals surface area contributed by atoms with Gasteiger partial charge in [-0.05, 0) is 43.2 Å². The molecule has 0 unspecified atom stereocenters. The first-order valence-electron chi connectivity index (χ1n) is 12.6. The topological polar surface area (TPSA) is 83.4 Å². The highest BCUT2D eigenvalue weighted by Gasteiger charge is 2.51. The highest BCUT2D eigenvalue weighted by molar-refractivity contribution is 5.96. The molecular formula is C28H21F5N6O2. The molecule has 0 aliphatic carbocycles. The average Bonchev–Trinajstić information content (AvgIpc) is 3.54. The van der Waals surface area contributed by atoms with Gasteiger partial charge in [-0.25, -0.2) is 26.6 Å². The standard InChI is InChI=1S/C28H21F5N6O2/c29-17-3-4-23(19(30)10-17)38-15-35-27(41)28(38)5-8-37(9-6-28)26(40)22-13-24(16-2-1-7-34-14-16)39(36-22)18-11-20(31)25(33)21(32)12-18/h1-4,7,10-14H,5-6,8-9,15H2,(H,35,41). The van der Waals surface area contributed by atoms with E-state index in [4.69, 9.17) is 0 Å². The van der Waals surface area contributed by atoms with E-state index >= 15 is 0 Å². The van der Waals surface area contributed by atoms with Gasteiger partial charge in [0, 0.05) is 49.2 Å². The van der Waals surface area contributed by atoms with Gasteiger partial charge in [0.1, 0.15) is 17.2 Å². The van der Waals surface area contributed by atoms with Crippen LogP contribution in [0.5, 0.6) is 0 Å². The number of amides is 2. The summed E-state index contributed by atoms with van der Waals surface area (Å²) in [5, 5.41) is 7.02.